The highest BCUT2D eigenvalue weighted by Crippen LogP contribution is 2.29. The monoisotopic (exact) mass is 387 g/mol. The number of pyridine rings is 1. The van der Waals surface area contributed by atoms with Gasteiger partial charge in [0.1, 0.15) is 0 Å². The zero-order chi connectivity index (χ0) is 19.8. The second kappa shape index (κ2) is 7.48. The molecule has 0 spiro atoms. The van der Waals surface area contributed by atoms with Crippen LogP contribution in [0.5, 0.6) is 0 Å². The second-order valence-electron chi connectivity index (χ2n) is 8.11. The van der Waals surface area contributed by atoms with E-state index in [0.29, 0.717) is 19.5 Å². The SMILES string of the molecule is O=C(c1cccc2c1NCCC2)N1C[C@@H](Cc2ccc3ccccc3n2)[C@H](O)C1. The van der Waals surface area contributed by atoms with Gasteiger partial charge in [-0.05, 0) is 43.0 Å². The Morgan fingerprint density at radius 3 is 2.93 bits per heavy atom. The van der Waals surface area contributed by atoms with E-state index in [0.717, 1.165) is 47.2 Å². The van der Waals surface area contributed by atoms with Crippen molar-refractivity contribution >= 4 is 22.5 Å². The lowest BCUT2D eigenvalue weighted by atomic mass is 9.98. The number of nitrogens with zero attached hydrogens (tertiary/aromatic N) is 2. The molecule has 0 bridgehead atoms. The molecule has 2 atom stereocenters. The minimum Gasteiger partial charge on any atom is -0.391 e. The van der Waals surface area contributed by atoms with E-state index >= 15 is 0 Å². The van der Waals surface area contributed by atoms with Crippen molar-refractivity contribution in [2.45, 2.75) is 25.4 Å². The molecule has 2 aliphatic rings. The van der Waals surface area contributed by atoms with E-state index < -0.39 is 6.10 Å². The van der Waals surface area contributed by atoms with Gasteiger partial charge in [-0.3, -0.25) is 9.78 Å². The highest BCUT2D eigenvalue weighted by atomic mass is 16.3. The number of aromatic nitrogens is 1. The number of aliphatic hydroxyl groups is 1. The first-order chi connectivity index (χ1) is 14.2. The Morgan fingerprint density at radius 2 is 2.00 bits per heavy atom. The minimum absolute atomic E-state index is 0.000102. The molecule has 0 radical (unpaired) electrons. The summed E-state index contributed by atoms with van der Waals surface area (Å²) in [6.07, 6.45) is 2.23. The Balaban J connectivity index is 1.33. The van der Waals surface area contributed by atoms with Crippen molar-refractivity contribution in [3.8, 4) is 0 Å². The van der Waals surface area contributed by atoms with Gasteiger partial charge in [0.15, 0.2) is 0 Å². The first kappa shape index (κ1) is 18.1. The molecular weight excluding hydrogens is 362 g/mol. The molecule has 0 unspecified atom stereocenters. The normalized spacial score (nSPS) is 21.1. The maximum atomic E-state index is 13.2. The molecule has 148 valence electrons. The summed E-state index contributed by atoms with van der Waals surface area (Å²) in [7, 11) is 0. The highest BCUT2D eigenvalue weighted by Gasteiger charge is 2.35. The van der Waals surface area contributed by atoms with Crippen LogP contribution in [-0.4, -0.2) is 46.6 Å². The number of anilines is 1. The maximum Gasteiger partial charge on any atom is 0.256 e. The van der Waals surface area contributed by atoms with Gasteiger partial charge in [-0.25, -0.2) is 0 Å². The van der Waals surface area contributed by atoms with Crippen LogP contribution in [0.1, 0.15) is 28.0 Å². The molecule has 2 aliphatic heterocycles. The number of hydrogen-bond acceptors (Lipinski definition) is 4. The molecule has 1 aromatic heterocycles. The summed E-state index contributed by atoms with van der Waals surface area (Å²) < 4.78 is 0. The molecule has 3 aromatic rings. The van der Waals surface area contributed by atoms with Crippen LogP contribution >= 0.6 is 0 Å². The molecule has 2 aromatic carbocycles. The Morgan fingerprint density at radius 1 is 1.10 bits per heavy atom. The number of likely N-dealkylation sites (tertiary alicyclic amines) is 1. The molecule has 29 heavy (non-hydrogen) atoms. The summed E-state index contributed by atoms with van der Waals surface area (Å²) in [6, 6.07) is 18.1. The molecular formula is C24H25N3O2. The van der Waals surface area contributed by atoms with Crippen LogP contribution in [0.3, 0.4) is 0 Å². The molecule has 0 aliphatic carbocycles. The number of carbonyl (C=O) groups excluding carboxylic acids is 1. The van der Waals surface area contributed by atoms with Crippen LogP contribution in [-0.2, 0) is 12.8 Å². The van der Waals surface area contributed by atoms with Crippen molar-refractivity contribution in [3.63, 3.8) is 0 Å². The Bertz CT molecular complexity index is 1060. The number of aliphatic hydroxyl groups excluding tert-OH is 1. The number of β-amino-alcohol motifs (C(OH)–C–C–N with tert-alkyl or cyclic N) is 1. The zero-order valence-electron chi connectivity index (χ0n) is 16.3. The van der Waals surface area contributed by atoms with Gasteiger partial charge in [0, 0.05) is 36.6 Å². The number of amides is 1. The third-order valence-electron chi connectivity index (χ3n) is 6.13. The molecule has 5 rings (SSSR count). The standard InChI is InChI=1S/C24H25N3O2/c28-22-15-27(24(29)20-8-3-6-17-7-4-12-25-23(17)20)14-18(22)13-19-11-10-16-5-1-2-9-21(16)26-19/h1-3,5-6,8-11,18,22,25,28H,4,7,12-15H2/t18-,22-/m1/s1. The number of rotatable bonds is 3. The Hall–Kier alpha value is -2.92. The van der Waals surface area contributed by atoms with E-state index in [4.69, 9.17) is 4.98 Å². The summed E-state index contributed by atoms with van der Waals surface area (Å²) in [5, 5.41) is 15.1. The van der Waals surface area contributed by atoms with E-state index in [1.54, 1.807) is 4.90 Å². The largest absolute Gasteiger partial charge is 0.391 e. The number of hydrogen-bond donors (Lipinski definition) is 2. The summed E-state index contributed by atoms with van der Waals surface area (Å²) in [6.45, 7) is 1.83. The van der Waals surface area contributed by atoms with Crippen molar-refractivity contribution in [2.24, 2.45) is 5.92 Å². The van der Waals surface area contributed by atoms with Gasteiger partial charge in [-0.1, -0.05) is 36.4 Å². The highest BCUT2D eigenvalue weighted by molar-refractivity contribution is 6.00. The van der Waals surface area contributed by atoms with Crippen molar-refractivity contribution in [1.82, 2.24) is 9.88 Å². The van der Waals surface area contributed by atoms with Crippen molar-refractivity contribution in [1.29, 1.82) is 0 Å². The van der Waals surface area contributed by atoms with Gasteiger partial charge in [-0.2, -0.15) is 0 Å². The average Bonchev–Trinajstić information content (AvgIpc) is 3.13. The summed E-state index contributed by atoms with van der Waals surface area (Å²) in [4.78, 5) is 19.7. The van der Waals surface area contributed by atoms with E-state index in [2.05, 4.69) is 17.4 Å². The first-order valence-corrected chi connectivity index (χ1v) is 10.4. The number of benzene rings is 2. The molecule has 1 fully saturated rings. The predicted molar refractivity (Wildman–Crippen MR) is 114 cm³/mol. The lowest BCUT2D eigenvalue weighted by molar-refractivity contribution is 0.0765. The van der Waals surface area contributed by atoms with Crippen LogP contribution in [0.4, 0.5) is 5.69 Å². The molecule has 2 N–H and O–H groups in total. The average molecular weight is 387 g/mol. The Kier molecular flexibility index (Phi) is 4.68. The fourth-order valence-electron chi connectivity index (χ4n) is 4.57. The third-order valence-corrected chi connectivity index (χ3v) is 6.13. The molecule has 1 saturated heterocycles. The van der Waals surface area contributed by atoms with Gasteiger partial charge >= 0.3 is 0 Å². The topological polar surface area (TPSA) is 65.5 Å². The lowest BCUT2D eigenvalue weighted by Crippen LogP contribution is -2.31. The zero-order valence-corrected chi connectivity index (χ0v) is 16.3. The van der Waals surface area contributed by atoms with Crippen LogP contribution in [0.15, 0.2) is 54.6 Å². The quantitative estimate of drug-likeness (QED) is 0.724. The Labute approximate surface area is 170 Å². The van der Waals surface area contributed by atoms with E-state index in [9.17, 15) is 9.90 Å². The smallest absolute Gasteiger partial charge is 0.256 e. The first-order valence-electron chi connectivity index (χ1n) is 10.4. The van der Waals surface area contributed by atoms with Crippen molar-refractivity contribution in [3.05, 3.63) is 71.4 Å². The molecule has 3 heterocycles. The second-order valence-corrected chi connectivity index (χ2v) is 8.11. The number of carbonyl (C=O) groups is 1. The van der Waals surface area contributed by atoms with Crippen LogP contribution in [0, 0.1) is 5.92 Å². The summed E-state index contributed by atoms with van der Waals surface area (Å²) in [5.41, 5.74) is 4.82. The van der Waals surface area contributed by atoms with Crippen LogP contribution in [0.25, 0.3) is 10.9 Å². The van der Waals surface area contributed by atoms with Crippen LogP contribution in [0.2, 0.25) is 0 Å². The number of fused-ring (bicyclic) bond motifs is 2. The van der Waals surface area contributed by atoms with E-state index in [1.165, 1.54) is 5.56 Å². The number of para-hydroxylation sites is 2. The van der Waals surface area contributed by atoms with Crippen molar-refractivity contribution in [2.75, 3.05) is 25.0 Å². The molecule has 0 saturated carbocycles. The van der Waals surface area contributed by atoms with E-state index in [1.807, 2.05) is 42.5 Å². The van der Waals surface area contributed by atoms with E-state index in [-0.39, 0.29) is 11.8 Å². The number of nitrogens with one attached hydrogen (secondary N) is 1. The molecule has 5 nitrogen and oxygen atoms in total. The minimum atomic E-state index is -0.528. The lowest BCUT2D eigenvalue weighted by Gasteiger charge is -2.23. The summed E-state index contributed by atoms with van der Waals surface area (Å²) >= 11 is 0. The predicted octanol–water partition coefficient (Wildman–Crippen LogP) is 3.27. The van der Waals surface area contributed by atoms with Gasteiger partial charge < -0.3 is 15.3 Å². The maximum absolute atomic E-state index is 13.2. The number of aryl methyl sites for hydroxylation is 1. The van der Waals surface area contributed by atoms with Gasteiger partial charge in [-0.15, -0.1) is 0 Å². The van der Waals surface area contributed by atoms with Gasteiger partial charge in [0.25, 0.3) is 5.91 Å². The third kappa shape index (κ3) is 3.47. The molecule has 1 amide bonds. The van der Waals surface area contributed by atoms with Gasteiger partial charge in [0.2, 0.25) is 0 Å². The summed E-state index contributed by atoms with van der Waals surface area (Å²) in [5.74, 6) is 0.00406. The molecule has 5 heteroatoms. The van der Waals surface area contributed by atoms with Gasteiger partial charge in [0.05, 0.1) is 22.9 Å². The fourth-order valence-corrected chi connectivity index (χ4v) is 4.57. The fraction of sp³-hybridized carbons (Fsp3) is 0.333. The van der Waals surface area contributed by atoms with Crippen molar-refractivity contribution < 1.29 is 9.90 Å². The van der Waals surface area contributed by atoms with Crippen LogP contribution < -0.4 is 5.32 Å².